The highest BCUT2D eigenvalue weighted by Crippen LogP contribution is 2.27. The van der Waals surface area contributed by atoms with Crippen LogP contribution in [0.5, 0.6) is 0 Å². The number of fused-ring (bicyclic) bond motifs is 1. The standard InChI is InChI=1S/C13H16N4O3S/c1-3-9(13(19)20)17-10(18)5-14-11-8-4-7(2)21-12(8)16-6-15-11/h4,6,9H,3,5H2,1-2H3,(H,17,18)(H,19,20)(H,14,15,16). The lowest BCUT2D eigenvalue weighted by atomic mass is 10.2. The molecule has 8 heteroatoms. The van der Waals surface area contributed by atoms with E-state index in [0.29, 0.717) is 12.2 Å². The zero-order chi connectivity index (χ0) is 15.4. The minimum Gasteiger partial charge on any atom is -0.480 e. The Labute approximate surface area is 125 Å². The number of aryl methyl sites for hydroxylation is 1. The number of carbonyl (C=O) groups excluding carboxylic acids is 1. The number of carboxylic acids is 1. The van der Waals surface area contributed by atoms with Gasteiger partial charge in [-0.3, -0.25) is 4.79 Å². The quantitative estimate of drug-likeness (QED) is 0.745. The number of hydrogen-bond acceptors (Lipinski definition) is 6. The largest absolute Gasteiger partial charge is 0.480 e. The number of aromatic nitrogens is 2. The molecule has 1 unspecified atom stereocenters. The van der Waals surface area contributed by atoms with Gasteiger partial charge in [-0.25, -0.2) is 14.8 Å². The summed E-state index contributed by atoms with van der Waals surface area (Å²) in [6.07, 6.45) is 1.77. The summed E-state index contributed by atoms with van der Waals surface area (Å²) in [6.45, 7) is 3.64. The highest BCUT2D eigenvalue weighted by molar-refractivity contribution is 7.18. The van der Waals surface area contributed by atoms with Crippen molar-refractivity contribution in [2.45, 2.75) is 26.3 Å². The van der Waals surface area contributed by atoms with Crippen LogP contribution < -0.4 is 10.6 Å². The fraction of sp³-hybridized carbons (Fsp3) is 0.385. The van der Waals surface area contributed by atoms with Crippen molar-refractivity contribution in [3.63, 3.8) is 0 Å². The van der Waals surface area contributed by atoms with E-state index < -0.39 is 12.0 Å². The summed E-state index contributed by atoms with van der Waals surface area (Å²) >= 11 is 1.55. The van der Waals surface area contributed by atoms with Crippen molar-refractivity contribution in [3.8, 4) is 0 Å². The number of aliphatic carboxylic acids is 1. The van der Waals surface area contributed by atoms with E-state index in [2.05, 4.69) is 20.6 Å². The van der Waals surface area contributed by atoms with Crippen LogP contribution in [0.2, 0.25) is 0 Å². The first-order valence-electron chi connectivity index (χ1n) is 6.48. The summed E-state index contributed by atoms with van der Waals surface area (Å²) < 4.78 is 0. The number of rotatable bonds is 6. The molecule has 0 aliphatic carbocycles. The summed E-state index contributed by atoms with van der Waals surface area (Å²) in [5.41, 5.74) is 0. The zero-order valence-corrected chi connectivity index (χ0v) is 12.5. The van der Waals surface area contributed by atoms with Crippen LogP contribution in [0.15, 0.2) is 12.4 Å². The molecular weight excluding hydrogens is 292 g/mol. The summed E-state index contributed by atoms with van der Waals surface area (Å²) in [5, 5.41) is 15.1. The Balaban J connectivity index is 2.01. The van der Waals surface area contributed by atoms with Crippen LogP contribution >= 0.6 is 11.3 Å². The Morgan fingerprint density at radius 1 is 1.43 bits per heavy atom. The number of nitrogens with one attached hydrogen (secondary N) is 2. The molecule has 0 fully saturated rings. The minimum atomic E-state index is -1.04. The van der Waals surface area contributed by atoms with Gasteiger partial charge in [-0.15, -0.1) is 11.3 Å². The third-order valence-electron chi connectivity index (χ3n) is 2.91. The van der Waals surface area contributed by atoms with Gasteiger partial charge in [0.2, 0.25) is 5.91 Å². The molecular formula is C13H16N4O3S. The normalized spacial score (nSPS) is 12.1. The van der Waals surface area contributed by atoms with E-state index in [0.717, 1.165) is 15.1 Å². The van der Waals surface area contributed by atoms with E-state index in [4.69, 9.17) is 5.11 Å². The average Bonchev–Trinajstić information content (AvgIpc) is 2.82. The highest BCUT2D eigenvalue weighted by Gasteiger charge is 2.17. The number of carboxylic acid groups (broad SMARTS) is 1. The van der Waals surface area contributed by atoms with Gasteiger partial charge in [0.1, 0.15) is 23.0 Å². The van der Waals surface area contributed by atoms with Gasteiger partial charge in [0.25, 0.3) is 0 Å². The van der Waals surface area contributed by atoms with Crippen molar-refractivity contribution in [2.24, 2.45) is 0 Å². The van der Waals surface area contributed by atoms with Gasteiger partial charge < -0.3 is 15.7 Å². The summed E-state index contributed by atoms with van der Waals surface area (Å²) in [7, 11) is 0. The SMILES string of the molecule is CCC(NC(=O)CNc1ncnc2sc(C)cc12)C(=O)O. The second kappa shape index (κ2) is 6.49. The number of carbonyl (C=O) groups is 2. The second-order valence-corrected chi connectivity index (χ2v) is 5.75. The van der Waals surface area contributed by atoms with Crippen molar-refractivity contribution >= 4 is 39.2 Å². The van der Waals surface area contributed by atoms with Gasteiger partial charge >= 0.3 is 5.97 Å². The fourth-order valence-corrected chi connectivity index (χ4v) is 2.71. The highest BCUT2D eigenvalue weighted by atomic mass is 32.1. The van der Waals surface area contributed by atoms with Gasteiger partial charge in [-0.1, -0.05) is 6.92 Å². The Hall–Kier alpha value is -2.22. The first-order valence-corrected chi connectivity index (χ1v) is 7.30. The lowest BCUT2D eigenvalue weighted by molar-refractivity contribution is -0.141. The van der Waals surface area contributed by atoms with Crippen LogP contribution in [-0.2, 0) is 9.59 Å². The maximum absolute atomic E-state index is 11.8. The Kier molecular flexibility index (Phi) is 4.69. The topological polar surface area (TPSA) is 104 Å². The van der Waals surface area contributed by atoms with Gasteiger partial charge in [0.05, 0.1) is 11.9 Å². The van der Waals surface area contributed by atoms with E-state index in [9.17, 15) is 9.59 Å². The molecule has 0 radical (unpaired) electrons. The maximum atomic E-state index is 11.8. The van der Waals surface area contributed by atoms with Crippen molar-refractivity contribution in [1.82, 2.24) is 15.3 Å². The lowest BCUT2D eigenvalue weighted by Crippen LogP contribution is -2.42. The molecule has 0 spiro atoms. The third-order valence-corrected chi connectivity index (χ3v) is 3.87. The van der Waals surface area contributed by atoms with E-state index in [1.165, 1.54) is 6.33 Å². The molecule has 0 saturated heterocycles. The van der Waals surface area contributed by atoms with Gasteiger partial charge in [-0.2, -0.15) is 0 Å². The van der Waals surface area contributed by atoms with E-state index >= 15 is 0 Å². The number of hydrogen-bond donors (Lipinski definition) is 3. The van der Waals surface area contributed by atoms with Gasteiger partial charge in [-0.05, 0) is 19.4 Å². The number of anilines is 1. The van der Waals surface area contributed by atoms with E-state index in [1.807, 2.05) is 13.0 Å². The molecule has 0 saturated carbocycles. The molecule has 0 bridgehead atoms. The molecule has 1 atom stereocenters. The van der Waals surface area contributed by atoms with Crippen molar-refractivity contribution in [3.05, 3.63) is 17.3 Å². The maximum Gasteiger partial charge on any atom is 0.326 e. The molecule has 2 aromatic rings. The predicted molar refractivity (Wildman–Crippen MR) is 80.5 cm³/mol. The predicted octanol–water partition coefficient (Wildman–Crippen LogP) is 1.39. The van der Waals surface area contributed by atoms with Crippen molar-refractivity contribution < 1.29 is 14.7 Å². The molecule has 7 nitrogen and oxygen atoms in total. The van der Waals surface area contributed by atoms with E-state index in [1.54, 1.807) is 18.3 Å². The van der Waals surface area contributed by atoms with Crippen LogP contribution in [0, 0.1) is 6.92 Å². The Morgan fingerprint density at radius 2 is 2.19 bits per heavy atom. The lowest BCUT2D eigenvalue weighted by Gasteiger charge is -2.12. The number of nitrogens with zero attached hydrogens (tertiary/aromatic N) is 2. The summed E-state index contributed by atoms with van der Waals surface area (Å²) in [6, 6.07) is 1.08. The molecule has 0 aliphatic rings. The molecule has 21 heavy (non-hydrogen) atoms. The van der Waals surface area contributed by atoms with Crippen LogP contribution in [0.25, 0.3) is 10.2 Å². The zero-order valence-electron chi connectivity index (χ0n) is 11.7. The molecule has 3 N–H and O–H groups in total. The smallest absolute Gasteiger partial charge is 0.326 e. The number of thiophene rings is 1. The van der Waals surface area contributed by atoms with Crippen LogP contribution in [0.1, 0.15) is 18.2 Å². The molecule has 0 aliphatic heterocycles. The molecule has 2 aromatic heterocycles. The van der Waals surface area contributed by atoms with Gasteiger partial charge in [0, 0.05) is 4.88 Å². The number of amides is 1. The monoisotopic (exact) mass is 308 g/mol. The second-order valence-electron chi connectivity index (χ2n) is 4.52. The third kappa shape index (κ3) is 3.66. The van der Waals surface area contributed by atoms with Crippen LogP contribution in [0.4, 0.5) is 5.82 Å². The summed E-state index contributed by atoms with van der Waals surface area (Å²) in [5.74, 6) is -0.852. The molecule has 2 heterocycles. The Morgan fingerprint density at radius 3 is 2.86 bits per heavy atom. The van der Waals surface area contributed by atoms with Crippen molar-refractivity contribution in [2.75, 3.05) is 11.9 Å². The molecule has 2 rings (SSSR count). The molecule has 112 valence electrons. The Bertz CT molecular complexity index is 670. The van der Waals surface area contributed by atoms with Gasteiger partial charge in [0.15, 0.2) is 0 Å². The van der Waals surface area contributed by atoms with Crippen LogP contribution in [-0.4, -0.2) is 39.5 Å². The molecule has 1 amide bonds. The minimum absolute atomic E-state index is 0.0369. The summed E-state index contributed by atoms with van der Waals surface area (Å²) in [4.78, 5) is 32.9. The first kappa shape index (κ1) is 15.2. The fourth-order valence-electron chi connectivity index (χ4n) is 1.86. The first-order chi connectivity index (χ1) is 10.0. The van der Waals surface area contributed by atoms with E-state index in [-0.39, 0.29) is 12.5 Å². The molecule has 0 aromatic carbocycles. The van der Waals surface area contributed by atoms with Crippen LogP contribution in [0.3, 0.4) is 0 Å². The average molecular weight is 308 g/mol. The van der Waals surface area contributed by atoms with Crippen molar-refractivity contribution in [1.29, 1.82) is 0 Å².